The first-order valence-corrected chi connectivity index (χ1v) is 9.90. The number of epoxide rings is 2. The van der Waals surface area contributed by atoms with Crippen LogP contribution in [-0.4, -0.2) is 70.1 Å². The summed E-state index contributed by atoms with van der Waals surface area (Å²) in [4.78, 5) is 12.1. The number of carbonyl (C=O) groups is 1. The van der Waals surface area contributed by atoms with E-state index < -0.39 is 33.9 Å². The van der Waals surface area contributed by atoms with E-state index in [1.54, 1.807) is 0 Å². The fourth-order valence-corrected chi connectivity index (χ4v) is 7.10. The third-order valence-electron chi connectivity index (χ3n) is 8.88. The lowest BCUT2D eigenvalue weighted by Crippen LogP contribution is -2.79. The quantitative estimate of drug-likeness (QED) is 0.505. The van der Waals surface area contributed by atoms with Crippen molar-refractivity contribution in [1.82, 2.24) is 0 Å². The molecule has 148 valence electrons. The number of esters is 1. The van der Waals surface area contributed by atoms with Crippen LogP contribution < -0.4 is 0 Å². The number of aliphatic hydroxyl groups excluding tert-OH is 1. The zero-order valence-electron chi connectivity index (χ0n) is 16.1. The van der Waals surface area contributed by atoms with Gasteiger partial charge in [0, 0.05) is 16.6 Å². The molecule has 0 aromatic heterocycles. The Morgan fingerprint density at radius 1 is 1.19 bits per heavy atom. The minimum Gasteiger partial charge on any atom is -0.458 e. The molecule has 4 fully saturated rings. The monoisotopic (exact) mass is 378 g/mol. The van der Waals surface area contributed by atoms with E-state index in [0.29, 0.717) is 24.0 Å². The van der Waals surface area contributed by atoms with E-state index in [1.165, 1.54) is 0 Å². The third kappa shape index (κ3) is 1.38. The Hall–Kier alpha value is -0.990. The Morgan fingerprint density at radius 2 is 1.93 bits per heavy atom. The molecular weight excluding hydrogens is 352 g/mol. The van der Waals surface area contributed by atoms with Gasteiger partial charge < -0.3 is 29.2 Å². The van der Waals surface area contributed by atoms with Crippen LogP contribution >= 0.6 is 0 Å². The van der Waals surface area contributed by atoms with Gasteiger partial charge in [-0.1, -0.05) is 20.8 Å². The fourth-order valence-electron chi connectivity index (χ4n) is 7.10. The maximum Gasteiger partial charge on any atom is 0.334 e. The second-order valence-electron chi connectivity index (χ2n) is 9.84. The molecular formula is C20H26O7. The van der Waals surface area contributed by atoms with Crippen molar-refractivity contribution in [2.75, 3.05) is 13.2 Å². The Bertz CT molecular complexity index is 821. The molecule has 8 atom stereocenters. The summed E-state index contributed by atoms with van der Waals surface area (Å²) in [6.07, 6.45) is -0.170. The summed E-state index contributed by atoms with van der Waals surface area (Å²) < 4.78 is 23.9. The van der Waals surface area contributed by atoms with Crippen molar-refractivity contribution in [3.8, 4) is 0 Å². The van der Waals surface area contributed by atoms with Crippen LogP contribution in [0.4, 0.5) is 0 Å². The van der Waals surface area contributed by atoms with E-state index >= 15 is 0 Å². The molecule has 0 aromatic rings. The normalized spacial score (nSPS) is 60.1. The van der Waals surface area contributed by atoms with Crippen molar-refractivity contribution in [3.63, 3.8) is 0 Å². The van der Waals surface area contributed by atoms with Crippen LogP contribution in [0.1, 0.15) is 40.5 Å². The van der Waals surface area contributed by atoms with E-state index in [9.17, 15) is 15.0 Å². The zero-order chi connectivity index (χ0) is 19.2. The van der Waals surface area contributed by atoms with Gasteiger partial charge in [0.05, 0.1) is 6.61 Å². The molecule has 0 bridgehead atoms. The van der Waals surface area contributed by atoms with Gasteiger partial charge in [-0.15, -0.1) is 0 Å². The standard InChI is InChI=1S/C20H26O7/c1-9(2)19-12(26-19)13-20(27-13)16(3)6-5-10-11(7-24-14(10)21)18(16,23)8-25-17(20,4)15(19)22/h9,12-13,15,22-23H,5-8H2,1-4H3/t12-,13-,15-,16-,17+,18+,19?,20+/m0/s1. The maximum absolute atomic E-state index is 12.1. The lowest BCUT2D eigenvalue weighted by molar-refractivity contribution is -0.296. The summed E-state index contributed by atoms with van der Waals surface area (Å²) >= 11 is 0. The number of aliphatic hydroxyl groups is 2. The Kier molecular flexibility index (Phi) is 2.68. The van der Waals surface area contributed by atoms with Gasteiger partial charge in [-0.25, -0.2) is 4.79 Å². The molecule has 2 N–H and O–H groups in total. The van der Waals surface area contributed by atoms with Crippen LogP contribution in [0.3, 0.4) is 0 Å². The van der Waals surface area contributed by atoms with Crippen molar-refractivity contribution in [2.24, 2.45) is 11.3 Å². The molecule has 6 rings (SSSR count). The summed E-state index contributed by atoms with van der Waals surface area (Å²) in [5.74, 6) is -0.220. The zero-order valence-corrected chi connectivity index (χ0v) is 16.1. The van der Waals surface area contributed by atoms with Crippen molar-refractivity contribution in [1.29, 1.82) is 0 Å². The highest BCUT2D eigenvalue weighted by Crippen LogP contribution is 2.77. The number of cyclic esters (lactones) is 1. The van der Waals surface area contributed by atoms with Crippen LogP contribution in [0.2, 0.25) is 0 Å². The van der Waals surface area contributed by atoms with Crippen LogP contribution in [0.15, 0.2) is 11.1 Å². The van der Waals surface area contributed by atoms with E-state index in [1.807, 2.05) is 27.7 Å². The summed E-state index contributed by atoms with van der Waals surface area (Å²) in [5.41, 5.74) is -3.36. The van der Waals surface area contributed by atoms with Gasteiger partial charge in [-0.2, -0.15) is 0 Å². The van der Waals surface area contributed by atoms with E-state index in [0.717, 1.165) is 0 Å². The summed E-state index contributed by atoms with van der Waals surface area (Å²) in [7, 11) is 0. The Morgan fingerprint density at radius 3 is 2.63 bits per heavy atom. The van der Waals surface area contributed by atoms with Crippen LogP contribution in [0.25, 0.3) is 0 Å². The predicted octanol–water partition coefficient (Wildman–Crippen LogP) is 0.466. The first kappa shape index (κ1) is 16.9. The number of hydrogen-bond acceptors (Lipinski definition) is 7. The highest BCUT2D eigenvalue weighted by molar-refractivity contribution is 5.92. The van der Waals surface area contributed by atoms with Crippen molar-refractivity contribution in [3.05, 3.63) is 11.1 Å². The maximum atomic E-state index is 12.1. The molecule has 0 aromatic carbocycles. The first-order valence-electron chi connectivity index (χ1n) is 9.90. The second kappa shape index (κ2) is 4.28. The number of hydrogen-bond donors (Lipinski definition) is 2. The molecule has 4 aliphatic heterocycles. The topological polar surface area (TPSA) is 101 Å². The van der Waals surface area contributed by atoms with Crippen LogP contribution in [0, 0.1) is 11.3 Å². The highest BCUT2D eigenvalue weighted by atomic mass is 16.7. The molecule has 1 spiro atoms. The van der Waals surface area contributed by atoms with Gasteiger partial charge in [0.2, 0.25) is 0 Å². The largest absolute Gasteiger partial charge is 0.458 e. The second-order valence-corrected chi connectivity index (χ2v) is 9.84. The minimum absolute atomic E-state index is 0.00318. The molecule has 7 nitrogen and oxygen atoms in total. The third-order valence-corrected chi connectivity index (χ3v) is 8.88. The number of carbonyl (C=O) groups excluding carboxylic acids is 1. The molecule has 1 saturated carbocycles. The molecule has 3 saturated heterocycles. The van der Waals surface area contributed by atoms with Crippen molar-refractivity contribution >= 4 is 5.97 Å². The SMILES string of the molecule is CC(C)C12O[C@H]1[C@@H]1O[C@@]13[C@@]1(C)CCC4=C(COC4=O)[C@]1(O)CO[C@]3(C)[C@@H]2O. The van der Waals surface area contributed by atoms with Gasteiger partial charge in [-0.3, -0.25) is 0 Å². The van der Waals surface area contributed by atoms with Gasteiger partial charge in [-0.05, 0) is 25.7 Å². The van der Waals surface area contributed by atoms with Gasteiger partial charge in [0.15, 0.2) is 0 Å². The van der Waals surface area contributed by atoms with E-state index in [4.69, 9.17) is 18.9 Å². The molecule has 7 heteroatoms. The Balaban J connectivity index is 1.51. The Labute approximate surface area is 157 Å². The summed E-state index contributed by atoms with van der Waals surface area (Å²) in [6, 6.07) is 0. The molecule has 27 heavy (non-hydrogen) atoms. The molecule has 0 radical (unpaired) electrons. The number of fused-ring (bicyclic) bond motifs is 4. The van der Waals surface area contributed by atoms with E-state index in [-0.39, 0.29) is 37.3 Å². The molecule has 0 amide bonds. The first-order chi connectivity index (χ1) is 12.6. The number of ether oxygens (including phenoxy) is 4. The van der Waals surface area contributed by atoms with Gasteiger partial charge in [0.25, 0.3) is 0 Å². The van der Waals surface area contributed by atoms with E-state index in [2.05, 4.69) is 0 Å². The average Bonchev–Trinajstić information content (AvgIpc) is 3.49. The predicted molar refractivity (Wildman–Crippen MR) is 90.7 cm³/mol. The number of rotatable bonds is 1. The van der Waals surface area contributed by atoms with Crippen molar-refractivity contribution < 1.29 is 34.0 Å². The van der Waals surface area contributed by atoms with Gasteiger partial charge in [0.1, 0.15) is 47.3 Å². The fraction of sp³-hybridized carbons (Fsp3) is 0.850. The summed E-state index contributed by atoms with van der Waals surface area (Å²) in [5, 5.41) is 23.2. The molecule has 4 heterocycles. The smallest absolute Gasteiger partial charge is 0.334 e. The van der Waals surface area contributed by atoms with Crippen LogP contribution in [0.5, 0.6) is 0 Å². The van der Waals surface area contributed by atoms with Crippen LogP contribution in [-0.2, 0) is 23.7 Å². The lowest BCUT2D eigenvalue weighted by Gasteiger charge is -2.62. The summed E-state index contributed by atoms with van der Waals surface area (Å²) in [6.45, 7) is 8.09. The highest BCUT2D eigenvalue weighted by Gasteiger charge is 2.95. The molecule has 2 aliphatic carbocycles. The van der Waals surface area contributed by atoms with Crippen molar-refractivity contribution in [2.45, 2.75) is 81.3 Å². The molecule has 1 unspecified atom stereocenters. The average molecular weight is 378 g/mol. The minimum atomic E-state index is -1.35. The van der Waals surface area contributed by atoms with Gasteiger partial charge >= 0.3 is 5.97 Å². The molecule has 6 aliphatic rings. The lowest BCUT2D eigenvalue weighted by atomic mass is 9.47.